The molecule has 2 aromatic carbocycles. The molecule has 0 spiro atoms. The topological polar surface area (TPSA) is 103 Å². The van der Waals surface area contributed by atoms with Crippen molar-refractivity contribution in [1.82, 2.24) is 9.62 Å². The number of sulfonamides is 1. The van der Waals surface area contributed by atoms with Gasteiger partial charge in [0.1, 0.15) is 11.9 Å². The molecule has 2 aromatic rings. The number of ether oxygens (including phenoxy) is 1. The molecule has 0 saturated carbocycles. The Kier molecular flexibility index (Phi) is 8.17. The molecule has 0 amide bonds. The minimum Gasteiger partial charge on any atom is -0.490 e. The summed E-state index contributed by atoms with van der Waals surface area (Å²) in [6, 6.07) is 12.7. The first-order valence-electron chi connectivity index (χ1n) is 9.79. The first-order valence-corrected chi connectivity index (χ1v) is 12.0. The fraction of sp³-hybridized carbons (Fsp3) is 0.381. The third kappa shape index (κ3) is 6.81. The van der Waals surface area contributed by atoms with Crippen LogP contribution in [0.5, 0.6) is 5.75 Å². The van der Waals surface area contributed by atoms with Gasteiger partial charge in [0, 0.05) is 32.2 Å². The van der Waals surface area contributed by atoms with E-state index in [1.165, 1.54) is 24.3 Å². The molecular formula is C21H23Cl2N3O4S. The number of piperidine rings is 1. The number of hydrogen-bond acceptors (Lipinski definition) is 6. The molecule has 0 aromatic heterocycles. The Hall–Kier alpha value is -1.86. The van der Waals surface area contributed by atoms with E-state index in [0.717, 1.165) is 25.9 Å². The zero-order valence-electron chi connectivity index (χ0n) is 16.7. The van der Waals surface area contributed by atoms with Gasteiger partial charge in [-0.1, -0.05) is 23.2 Å². The van der Waals surface area contributed by atoms with Crippen LogP contribution < -0.4 is 9.46 Å². The van der Waals surface area contributed by atoms with Crippen LogP contribution in [0.1, 0.15) is 18.4 Å². The number of likely N-dealkylation sites (tertiary alicyclic amines) is 1. The van der Waals surface area contributed by atoms with Crippen LogP contribution >= 0.6 is 23.2 Å². The van der Waals surface area contributed by atoms with Crippen molar-refractivity contribution in [3.63, 3.8) is 0 Å². The summed E-state index contributed by atoms with van der Waals surface area (Å²) < 4.78 is 33.1. The van der Waals surface area contributed by atoms with Crippen molar-refractivity contribution in [3.8, 4) is 11.8 Å². The maximum atomic E-state index is 12.3. The van der Waals surface area contributed by atoms with Crippen LogP contribution in [0.2, 0.25) is 10.0 Å². The highest BCUT2D eigenvalue weighted by atomic mass is 35.5. The fourth-order valence-electron chi connectivity index (χ4n) is 3.31. The number of aliphatic hydroxyl groups is 1. The Morgan fingerprint density at radius 2 is 1.84 bits per heavy atom. The van der Waals surface area contributed by atoms with E-state index in [9.17, 15) is 13.5 Å². The molecule has 31 heavy (non-hydrogen) atoms. The minimum atomic E-state index is -3.75. The molecular weight excluding hydrogens is 461 g/mol. The third-order valence-electron chi connectivity index (χ3n) is 5.00. The number of rotatable bonds is 8. The van der Waals surface area contributed by atoms with Crippen LogP contribution in [0.25, 0.3) is 0 Å². The summed E-state index contributed by atoms with van der Waals surface area (Å²) in [6.45, 7) is 1.72. The first-order chi connectivity index (χ1) is 14.8. The molecule has 1 saturated heterocycles. The second-order valence-corrected chi connectivity index (χ2v) is 9.92. The molecule has 1 aliphatic heterocycles. The average molecular weight is 484 g/mol. The predicted octanol–water partition coefficient (Wildman–Crippen LogP) is 3.05. The minimum absolute atomic E-state index is 0.0421. The predicted molar refractivity (Wildman–Crippen MR) is 119 cm³/mol. The standard InChI is InChI=1S/C21H23Cl2N3O4S/c22-20-6-3-18(11-21(20)23)30-17-7-9-26(10-8-17)14-16(27)13-25-31(28,29)19-4-1-15(12-24)2-5-19/h1-6,11,16-17,25,27H,7-10,13-14H2. The molecule has 7 nitrogen and oxygen atoms in total. The maximum absolute atomic E-state index is 12.3. The van der Waals surface area contributed by atoms with Gasteiger partial charge >= 0.3 is 0 Å². The largest absolute Gasteiger partial charge is 0.490 e. The van der Waals surface area contributed by atoms with E-state index in [1.807, 2.05) is 6.07 Å². The highest BCUT2D eigenvalue weighted by Crippen LogP contribution is 2.28. The van der Waals surface area contributed by atoms with Crippen molar-refractivity contribution in [1.29, 1.82) is 5.26 Å². The Labute approximate surface area is 192 Å². The maximum Gasteiger partial charge on any atom is 0.240 e. The first kappa shape index (κ1) is 23.8. The van der Waals surface area contributed by atoms with E-state index in [0.29, 0.717) is 27.9 Å². The van der Waals surface area contributed by atoms with Gasteiger partial charge in [0.05, 0.1) is 32.7 Å². The summed E-state index contributed by atoms with van der Waals surface area (Å²) in [4.78, 5) is 2.13. The van der Waals surface area contributed by atoms with E-state index >= 15 is 0 Å². The number of benzene rings is 2. The Bertz CT molecular complexity index is 1030. The number of nitrogens with zero attached hydrogens (tertiary/aromatic N) is 2. The highest BCUT2D eigenvalue weighted by molar-refractivity contribution is 7.89. The van der Waals surface area contributed by atoms with Crippen molar-refractivity contribution < 1.29 is 18.3 Å². The van der Waals surface area contributed by atoms with E-state index < -0.39 is 16.1 Å². The summed E-state index contributed by atoms with van der Waals surface area (Å²) in [5, 5.41) is 20.0. The van der Waals surface area contributed by atoms with Gasteiger partial charge in [0.2, 0.25) is 10.0 Å². The number of halogens is 2. The average Bonchev–Trinajstić information content (AvgIpc) is 2.76. The molecule has 1 unspecified atom stereocenters. The molecule has 1 atom stereocenters. The van der Waals surface area contributed by atoms with Gasteiger partial charge in [-0.25, -0.2) is 13.1 Å². The fourth-order valence-corrected chi connectivity index (χ4v) is 4.67. The number of nitrogens with one attached hydrogen (secondary N) is 1. The third-order valence-corrected chi connectivity index (χ3v) is 7.18. The van der Waals surface area contributed by atoms with Crippen molar-refractivity contribution in [2.75, 3.05) is 26.2 Å². The van der Waals surface area contributed by atoms with Crippen LogP contribution in [0.15, 0.2) is 47.4 Å². The quantitative estimate of drug-likeness (QED) is 0.597. The Balaban J connectivity index is 1.42. The smallest absolute Gasteiger partial charge is 0.240 e. The van der Waals surface area contributed by atoms with Crippen molar-refractivity contribution in [3.05, 3.63) is 58.1 Å². The van der Waals surface area contributed by atoms with Crippen LogP contribution in [0, 0.1) is 11.3 Å². The van der Waals surface area contributed by atoms with Crippen molar-refractivity contribution >= 4 is 33.2 Å². The zero-order chi connectivity index (χ0) is 22.4. The Morgan fingerprint density at radius 3 is 2.45 bits per heavy atom. The Morgan fingerprint density at radius 1 is 1.16 bits per heavy atom. The summed E-state index contributed by atoms with van der Waals surface area (Å²) in [7, 11) is -3.75. The van der Waals surface area contributed by atoms with Crippen LogP contribution in [-0.2, 0) is 10.0 Å². The molecule has 0 bridgehead atoms. The van der Waals surface area contributed by atoms with Gasteiger partial charge in [-0.05, 0) is 49.2 Å². The SMILES string of the molecule is N#Cc1ccc(S(=O)(=O)NCC(O)CN2CCC(Oc3ccc(Cl)c(Cl)c3)CC2)cc1. The van der Waals surface area contributed by atoms with E-state index in [1.54, 1.807) is 18.2 Å². The number of hydrogen-bond donors (Lipinski definition) is 2. The summed E-state index contributed by atoms with van der Waals surface area (Å²) in [5.41, 5.74) is 0.380. The molecule has 2 N–H and O–H groups in total. The molecule has 1 aliphatic rings. The summed E-state index contributed by atoms with van der Waals surface area (Å²) in [5.74, 6) is 0.671. The van der Waals surface area contributed by atoms with Crippen LogP contribution in [0.3, 0.4) is 0 Å². The van der Waals surface area contributed by atoms with E-state index in [4.69, 9.17) is 33.2 Å². The van der Waals surface area contributed by atoms with E-state index in [2.05, 4.69) is 9.62 Å². The van der Waals surface area contributed by atoms with Crippen LogP contribution in [-0.4, -0.2) is 56.8 Å². The molecule has 1 heterocycles. The van der Waals surface area contributed by atoms with Gasteiger partial charge < -0.3 is 14.7 Å². The summed E-state index contributed by atoms with van der Waals surface area (Å²) in [6.07, 6.45) is 0.759. The molecule has 166 valence electrons. The lowest BCUT2D eigenvalue weighted by atomic mass is 10.1. The molecule has 0 aliphatic carbocycles. The molecule has 3 rings (SSSR count). The highest BCUT2D eigenvalue weighted by Gasteiger charge is 2.23. The van der Waals surface area contributed by atoms with Gasteiger partial charge in [-0.15, -0.1) is 0 Å². The van der Waals surface area contributed by atoms with Crippen LogP contribution in [0.4, 0.5) is 0 Å². The van der Waals surface area contributed by atoms with Gasteiger partial charge in [0.25, 0.3) is 0 Å². The second-order valence-electron chi connectivity index (χ2n) is 7.34. The van der Waals surface area contributed by atoms with Gasteiger partial charge in [-0.3, -0.25) is 0 Å². The van der Waals surface area contributed by atoms with Crippen molar-refractivity contribution in [2.45, 2.75) is 29.9 Å². The normalized spacial score (nSPS) is 16.6. The monoisotopic (exact) mass is 483 g/mol. The lowest BCUT2D eigenvalue weighted by Crippen LogP contribution is -2.45. The summed E-state index contributed by atoms with van der Waals surface area (Å²) >= 11 is 11.9. The lowest BCUT2D eigenvalue weighted by molar-refractivity contribution is 0.0630. The number of β-amino-alcohol motifs (C(OH)–C–C–N with tert-alkyl or cyclic N) is 1. The molecule has 0 radical (unpaired) electrons. The van der Waals surface area contributed by atoms with E-state index in [-0.39, 0.29) is 17.5 Å². The lowest BCUT2D eigenvalue weighted by Gasteiger charge is -2.33. The number of aliphatic hydroxyl groups excluding tert-OH is 1. The molecule has 10 heteroatoms. The zero-order valence-corrected chi connectivity index (χ0v) is 19.0. The van der Waals surface area contributed by atoms with Crippen molar-refractivity contribution in [2.24, 2.45) is 0 Å². The second kappa shape index (κ2) is 10.6. The number of nitriles is 1. The van der Waals surface area contributed by atoms with Gasteiger partial charge in [-0.2, -0.15) is 5.26 Å². The van der Waals surface area contributed by atoms with Gasteiger partial charge in [0.15, 0.2) is 0 Å². The molecule has 1 fully saturated rings.